The van der Waals surface area contributed by atoms with Gasteiger partial charge in [0.25, 0.3) is 11.8 Å². The lowest BCUT2D eigenvalue weighted by molar-refractivity contribution is -0.120. The number of nitrogens with zero attached hydrogens (tertiary/aromatic N) is 3. The molecule has 0 unspecified atom stereocenters. The maximum absolute atomic E-state index is 13.4. The molecule has 0 fully saturated rings. The molecule has 2 amide bonds. The molecule has 1 aromatic heterocycles. The van der Waals surface area contributed by atoms with Crippen LogP contribution < -0.4 is 10.7 Å². The first-order chi connectivity index (χ1) is 16.5. The summed E-state index contributed by atoms with van der Waals surface area (Å²) in [5, 5.41) is 11.4. The van der Waals surface area contributed by atoms with Crippen molar-refractivity contribution in [3.63, 3.8) is 0 Å². The summed E-state index contributed by atoms with van der Waals surface area (Å²) in [6, 6.07) is 21.9. The van der Waals surface area contributed by atoms with Gasteiger partial charge in [0.1, 0.15) is 11.5 Å². The van der Waals surface area contributed by atoms with E-state index in [1.807, 2.05) is 30.3 Å². The molecule has 0 saturated carbocycles. The molecule has 0 radical (unpaired) electrons. The summed E-state index contributed by atoms with van der Waals surface area (Å²) >= 11 is 5.99. The van der Waals surface area contributed by atoms with Gasteiger partial charge in [-0.2, -0.15) is 10.2 Å². The van der Waals surface area contributed by atoms with Crippen molar-refractivity contribution in [1.82, 2.24) is 20.5 Å². The van der Waals surface area contributed by atoms with Gasteiger partial charge in [-0.05, 0) is 48.5 Å². The van der Waals surface area contributed by atoms with Crippen molar-refractivity contribution >= 4 is 29.6 Å². The molecule has 4 rings (SSSR count). The SMILES string of the molecule is O=C(CNC(=O)c1ccccc1Cl)NN=Cc1cn(-c2ccccc2)nc1-c1ccc(F)cc1. The molecular formula is C25H19ClFN5O2. The standard InChI is InChI=1S/C25H19ClFN5O2/c26-22-9-5-4-8-21(22)25(34)28-15-23(33)30-29-14-18-16-32(20-6-2-1-3-7-20)31-24(18)17-10-12-19(27)13-11-17/h1-14,16H,15H2,(H,28,34)(H,30,33). The number of carbonyl (C=O) groups is 2. The summed E-state index contributed by atoms with van der Waals surface area (Å²) in [7, 11) is 0. The average molecular weight is 476 g/mol. The zero-order valence-electron chi connectivity index (χ0n) is 17.8. The fourth-order valence-electron chi connectivity index (χ4n) is 3.14. The highest BCUT2D eigenvalue weighted by Gasteiger charge is 2.13. The lowest BCUT2D eigenvalue weighted by Gasteiger charge is -2.05. The van der Waals surface area contributed by atoms with E-state index < -0.39 is 11.8 Å². The third-order valence-electron chi connectivity index (χ3n) is 4.80. The number of nitrogens with one attached hydrogen (secondary N) is 2. The molecule has 1 heterocycles. The Bertz CT molecular complexity index is 1340. The van der Waals surface area contributed by atoms with E-state index in [4.69, 9.17) is 11.6 Å². The molecule has 2 N–H and O–H groups in total. The van der Waals surface area contributed by atoms with Gasteiger partial charge >= 0.3 is 0 Å². The minimum atomic E-state index is -0.518. The van der Waals surface area contributed by atoms with Crippen LogP contribution in [0.2, 0.25) is 5.02 Å². The van der Waals surface area contributed by atoms with Crippen LogP contribution in [0.3, 0.4) is 0 Å². The fraction of sp³-hybridized carbons (Fsp3) is 0.0400. The van der Waals surface area contributed by atoms with Gasteiger partial charge in [-0.3, -0.25) is 9.59 Å². The predicted molar refractivity (Wildman–Crippen MR) is 128 cm³/mol. The van der Waals surface area contributed by atoms with Crippen LogP contribution in [0.1, 0.15) is 15.9 Å². The number of aromatic nitrogens is 2. The molecule has 170 valence electrons. The molecule has 3 aromatic carbocycles. The van der Waals surface area contributed by atoms with Crippen LogP contribution in [-0.2, 0) is 4.79 Å². The Morgan fingerprint density at radius 3 is 2.44 bits per heavy atom. The lowest BCUT2D eigenvalue weighted by Crippen LogP contribution is -2.35. The smallest absolute Gasteiger partial charge is 0.259 e. The Morgan fingerprint density at radius 1 is 1.00 bits per heavy atom. The van der Waals surface area contributed by atoms with E-state index in [2.05, 4.69) is 20.9 Å². The Hall–Kier alpha value is -4.30. The first-order valence-corrected chi connectivity index (χ1v) is 10.6. The van der Waals surface area contributed by atoms with Crippen LogP contribution in [0.15, 0.2) is 90.2 Å². The molecule has 0 spiro atoms. The summed E-state index contributed by atoms with van der Waals surface area (Å²) in [6.45, 7) is -0.282. The van der Waals surface area contributed by atoms with Crippen molar-refractivity contribution in [2.24, 2.45) is 5.10 Å². The van der Waals surface area contributed by atoms with Crippen LogP contribution >= 0.6 is 11.6 Å². The van der Waals surface area contributed by atoms with Gasteiger partial charge in [-0.1, -0.05) is 41.9 Å². The van der Waals surface area contributed by atoms with Crippen molar-refractivity contribution in [3.8, 4) is 16.9 Å². The van der Waals surface area contributed by atoms with Crippen LogP contribution in [0.5, 0.6) is 0 Å². The number of halogens is 2. The summed E-state index contributed by atoms with van der Waals surface area (Å²) in [4.78, 5) is 24.3. The van der Waals surface area contributed by atoms with Crippen LogP contribution in [-0.4, -0.2) is 34.4 Å². The van der Waals surface area contributed by atoms with Gasteiger partial charge < -0.3 is 5.32 Å². The maximum Gasteiger partial charge on any atom is 0.259 e. The van der Waals surface area contributed by atoms with Crippen molar-refractivity contribution in [2.45, 2.75) is 0 Å². The largest absolute Gasteiger partial charge is 0.343 e. The number of hydrogen-bond acceptors (Lipinski definition) is 4. The molecule has 0 bridgehead atoms. The molecule has 0 aliphatic heterocycles. The molecule has 9 heteroatoms. The fourth-order valence-corrected chi connectivity index (χ4v) is 3.36. The quantitative estimate of drug-likeness (QED) is 0.310. The van der Waals surface area contributed by atoms with E-state index >= 15 is 0 Å². The van der Waals surface area contributed by atoms with Gasteiger partial charge in [-0.25, -0.2) is 14.5 Å². The number of amides is 2. The number of carbonyl (C=O) groups excluding carboxylic acids is 2. The summed E-state index contributed by atoms with van der Waals surface area (Å²) < 4.78 is 15.1. The van der Waals surface area contributed by atoms with Crippen LogP contribution in [0.25, 0.3) is 16.9 Å². The minimum Gasteiger partial charge on any atom is -0.343 e. The Kier molecular flexibility index (Phi) is 7.10. The first-order valence-electron chi connectivity index (χ1n) is 10.3. The highest BCUT2D eigenvalue weighted by molar-refractivity contribution is 6.33. The number of hydrazone groups is 1. The van der Waals surface area contributed by atoms with Crippen molar-refractivity contribution < 1.29 is 14.0 Å². The van der Waals surface area contributed by atoms with Crippen molar-refractivity contribution in [1.29, 1.82) is 0 Å². The molecule has 0 aliphatic rings. The number of para-hydroxylation sites is 1. The minimum absolute atomic E-state index is 0.276. The summed E-state index contributed by atoms with van der Waals surface area (Å²) in [5.41, 5.74) is 5.34. The number of rotatable bonds is 7. The van der Waals surface area contributed by atoms with E-state index in [1.54, 1.807) is 47.3 Å². The molecule has 34 heavy (non-hydrogen) atoms. The zero-order chi connectivity index (χ0) is 23.9. The monoisotopic (exact) mass is 475 g/mol. The van der Waals surface area contributed by atoms with Gasteiger partial charge in [0.15, 0.2) is 0 Å². The second-order valence-corrected chi connectivity index (χ2v) is 7.58. The van der Waals surface area contributed by atoms with E-state index in [9.17, 15) is 14.0 Å². The van der Waals surface area contributed by atoms with E-state index in [1.165, 1.54) is 18.3 Å². The first kappa shape index (κ1) is 22.9. The Morgan fingerprint density at radius 2 is 1.71 bits per heavy atom. The molecular weight excluding hydrogens is 457 g/mol. The van der Waals surface area contributed by atoms with Gasteiger partial charge in [-0.15, -0.1) is 0 Å². The Balaban J connectivity index is 1.46. The normalized spacial score (nSPS) is 10.9. The highest BCUT2D eigenvalue weighted by Crippen LogP contribution is 2.23. The van der Waals surface area contributed by atoms with E-state index in [0.29, 0.717) is 21.8 Å². The number of benzene rings is 3. The average Bonchev–Trinajstić information content (AvgIpc) is 3.28. The molecule has 0 saturated heterocycles. The number of hydrogen-bond donors (Lipinski definition) is 2. The molecule has 0 aliphatic carbocycles. The highest BCUT2D eigenvalue weighted by atomic mass is 35.5. The zero-order valence-corrected chi connectivity index (χ0v) is 18.5. The molecule has 0 atom stereocenters. The van der Waals surface area contributed by atoms with Crippen LogP contribution in [0.4, 0.5) is 4.39 Å². The van der Waals surface area contributed by atoms with E-state index in [-0.39, 0.29) is 17.9 Å². The van der Waals surface area contributed by atoms with Crippen molar-refractivity contribution in [3.05, 3.63) is 107 Å². The third kappa shape index (κ3) is 5.54. The van der Waals surface area contributed by atoms with Crippen LogP contribution in [0, 0.1) is 5.82 Å². The Labute approximate surface area is 199 Å². The second-order valence-electron chi connectivity index (χ2n) is 7.18. The van der Waals surface area contributed by atoms with E-state index in [0.717, 1.165) is 5.69 Å². The summed E-state index contributed by atoms with van der Waals surface area (Å²) in [6.07, 6.45) is 3.20. The lowest BCUT2D eigenvalue weighted by atomic mass is 10.1. The second kappa shape index (κ2) is 10.5. The predicted octanol–water partition coefficient (Wildman–Crippen LogP) is 4.21. The summed E-state index contributed by atoms with van der Waals surface area (Å²) in [5.74, 6) is -1.34. The molecule has 4 aromatic rings. The third-order valence-corrected chi connectivity index (χ3v) is 5.13. The topological polar surface area (TPSA) is 88.4 Å². The molecule has 7 nitrogen and oxygen atoms in total. The van der Waals surface area contributed by atoms with Crippen molar-refractivity contribution in [2.75, 3.05) is 6.54 Å². The van der Waals surface area contributed by atoms with Gasteiger partial charge in [0.2, 0.25) is 0 Å². The maximum atomic E-state index is 13.4. The van der Waals surface area contributed by atoms with Gasteiger partial charge in [0, 0.05) is 17.3 Å². The van der Waals surface area contributed by atoms with Gasteiger partial charge in [0.05, 0.1) is 29.0 Å².